The maximum atomic E-state index is 13.5. The molecule has 0 aliphatic carbocycles. The van der Waals surface area contributed by atoms with E-state index in [2.05, 4.69) is 18.0 Å². The fourth-order valence-corrected chi connectivity index (χ4v) is 5.04. The average Bonchev–Trinajstić information content (AvgIpc) is 3.29. The van der Waals surface area contributed by atoms with E-state index in [0.717, 1.165) is 17.5 Å². The smallest absolute Gasteiger partial charge is 0.243 e. The third-order valence-electron chi connectivity index (χ3n) is 5.70. The number of rotatable bonds is 7. The van der Waals surface area contributed by atoms with E-state index in [9.17, 15) is 14.0 Å². The van der Waals surface area contributed by atoms with Gasteiger partial charge < -0.3 is 9.80 Å². The molecule has 1 aliphatic heterocycles. The van der Waals surface area contributed by atoms with Crippen LogP contribution in [-0.4, -0.2) is 41.2 Å². The lowest BCUT2D eigenvalue weighted by atomic mass is 9.93. The highest BCUT2D eigenvalue weighted by Crippen LogP contribution is 2.37. The number of benzene rings is 2. The highest BCUT2D eigenvalue weighted by molar-refractivity contribution is 7.10. The fraction of sp³-hybridized carbons (Fsp3) is 0.231. The van der Waals surface area contributed by atoms with Crippen molar-refractivity contribution < 1.29 is 14.0 Å². The second kappa shape index (κ2) is 9.92. The molecule has 0 fully saturated rings. The molecule has 0 saturated heterocycles. The fourth-order valence-electron chi connectivity index (χ4n) is 4.13. The largest absolute Gasteiger partial charge is 0.330 e. The van der Waals surface area contributed by atoms with Crippen LogP contribution in [0.15, 0.2) is 78.7 Å². The van der Waals surface area contributed by atoms with Crippen LogP contribution < -0.4 is 0 Å². The average molecular weight is 449 g/mol. The van der Waals surface area contributed by atoms with Gasteiger partial charge in [0.15, 0.2) is 0 Å². The van der Waals surface area contributed by atoms with Crippen molar-refractivity contribution in [1.29, 1.82) is 0 Å². The Morgan fingerprint density at radius 2 is 1.88 bits per heavy atom. The van der Waals surface area contributed by atoms with Crippen LogP contribution in [0.4, 0.5) is 4.39 Å². The first-order chi connectivity index (χ1) is 15.6. The lowest BCUT2D eigenvalue weighted by molar-refractivity contribution is -0.141. The summed E-state index contributed by atoms with van der Waals surface area (Å²) in [6, 6.07) is 17.8. The topological polar surface area (TPSA) is 40.6 Å². The molecule has 3 aromatic rings. The maximum absolute atomic E-state index is 13.5. The van der Waals surface area contributed by atoms with Crippen molar-refractivity contribution in [1.82, 2.24) is 9.80 Å². The monoisotopic (exact) mass is 448 g/mol. The number of carbonyl (C=O) groups is 2. The summed E-state index contributed by atoms with van der Waals surface area (Å²) in [4.78, 5) is 31.1. The maximum Gasteiger partial charge on any atom is 0.243 e. The predicted octanol–water partition coefficient (Wildman–Crippen LogP) is 4.62. The van der Waals surface area contributed by atoms with Gasteiger partial charge in [0, 0.05) is 18.0 Å². The molecule has 2 amide bonds. The van der Waals surface area contributed by atoms with Crippen molar-refractivity contribution in [3.8, 4) is 0 Å². The van der Waals surface area contributed by atoms with E-state index in [0.29, 0.717) is 12.1 Å². The summed E-state index contributed by atoms with van der Waals surface area (Å²) < 4.78 is 13.2. The van der Waals surface area contributed by atoms with Crippen molar-refractivity contribution in [3.05, 3.63) is 106 Å². The second-order valence-corrected chi connectivity index (χ2v) is 8.82. The van der Waals surface area contributed by atoms with Gasteiger partial charge in [0.25, 0.3) is 0 Å². The first-order valence-electron chi connectivity index (χ1n) is 10.6. The number of nitrogens with zero attached hydrogens (tertiary/aromatic N) is 2. The Morgan fingerprint density at radius 3 is 2.59 bits per heavy atom. The Balaban J connectivity index is 1.54. The summed E-state index contributed by atoms with van der Waals surface area (Å²) >= 11 is 1.72. The van der Waals surface area contributed by atoms with E-state index < -0.39 is 0 Å². The van der Waals surface area contributed by atoms with Gasteiger partial charge in [0.2, 0.25) is 11.8 Å². The summed E-state index contributed by atoms with van der Waals surface area (Å²) in [6.07, 6.45) is 2.54. The minimum absolute atomic E-state index is 0.0190. The quantitative estimate of drug-likeness (QED) is 0.495. The first-order valence-corrected chi connectivity index (χ1v) is 11.5. The van der Waals surface area contributed by atoms with Crippen LogP contribution in [0.3, 0.4) is 0 Å². The predicted molar refractivity (Wildman–Crippen MR) is 125 cm³/mol. The molecule has 2 aromatic carbocycles. The van der Waals surface area contributed by atoms with E-state index >= 15 is 0 Å². The molecular weight excluding hydrogens is 423 g/mol. The Hall–Kier alpha value is -3.25. The molecule has 1 atom stereocenters. The molecule has 0 spiro atoms. The van der Waals surface area contributed by atoms with Gasteiger partial charge in [0.05, 0.1) is 12.5 Å². The third-order valence-corrected chi connectivity index (χ3v) is 6.69. The summed E-state index contributed by atoms with van der Waals surface area (Å²) in [5.74, 6) is -0.622. The highest BCUT2D eigenvalue weighted by Gasteiger charge is 2.33. The first kappa shape index (κ1) is 22.0. The van der Waals surface area contributed by atoms with Crippen LogP contribution >= 0.6 is 11.3 Å². The molecule has 0 saturated carbocycles. The number of fused-ring (bicyclic) bond motifs is 1. The van der Waals surface area contributed by atoms with Gasteiger partial charge in [-0.2, -0.15) is 0 Å². The van der Waals surface area contributed by atoms with E-state index in [1.165, 1.54) is 21.9 Å². The number of thiophene rings is 1. The van der Waals surface area contributed by atoms with Gasteiger partial charge in [-0.05, 0) is 46.7 Å². The van der Waals surface area contributed by atoms with Gasteiger partial charge >= 0.3 is 0 Å². The van der Waals surface area contributed by atoms with E-state index in [4.69, 9.17) is 0 Å². The van der Waals surface area contributed by atoms with Crippen molar-refractivity contribution >= 4 is 23.2 Å². The minimum Gasteiger partial charge on any atom is -0.330 e. The standard InChI is InChI=1S/C26H25FN2O2S/c1-2-14-28(24(30)17-19-8-10-21(27)11-9-19)18-25(31)29-15-12-23-22(13-16-32-23)26(29)20-6-4-3-5-7-20/h2-11,13,16,26H,1,12,14-15,17-18H2. The van der Waals surface area contributed by atoms with Gasteiger partial charge in [-0.3, -0.25) is 9.59 Å². The van der Waals surface area contributed by atoms with Crippen LogP contribution in [-0.2, 0) is 22.4 Å². The zero-order chi connectivity index (χ0) is 22.5. The zero-order valence-corrected chi connectivity index (χ0v) is 18.6. The van der Waals surface area contributed by atoms with Crippen molar-refractivity contribution in [3.63, 3.8) is 0 Å². The van der Waals surface area contributed by atoms with Crippen LogP contribution in [0, 0.1) is 5.82 Å². The number of hydrogen-bond acceptors (Lipinski definition) is 3. The summed E-state index contributed by atoms with van der Waals surface area (Å²) in [6.45, 7) is 4.61. The summed E-state index contributed by atoms with van der Waals surface area (Å²) in [7, 11) is 0. The van der Waals surface area contributed by atoms with E-state index in [1.54, 1.807) is 29.5 Å². The number of carbonyl (C=O) groups excluding carboxylic acids is 2. The van der Waals surface area contributed by atoms with E-state index in [-0.39, 0.29) is 43.2 Å². The Labute approximate surface area is 191 Å². The molecule has 0 bridgehead atoms. The molecule has 2 heterocycles. The number of amides is 2. The van der Waals surface area contributed by atoms with Crippen molar-refractivity contribution in [2.24, 2.45) is 0 Å². The van der Waals surface area contributed by atoms with Crippen LogP contribution in [0.1, 0.15) is 27.6 Å². The second-order valence-electron chi connectivity index (χ2n) is 7.82. The Morgan fingerprint density at radius 1 is 1.12 bits per heavy atom. The summed E-state index contributed by atoms with van der Waals surface area (Å²) in [5, 5.41) is 2.07. The molecule has 0 radical (unpaired) electrons. The molecule has 4 nitrogen and oxygen atoms in total. The molecule has 1 unspecified atom stereocenters. The summed E-state index contributed by atoms with van der Waals surface area (Å²) in [5.41, 5.74) is 2.93. The lowest BCUT2D eigenvalue weighted by Gasteiger charge is -2.37. The molecule has 0 N–H and O–H groups in total. The minimum atomic E-state index is -0.343. The molecular formula is C26H25FN2O2S. The molecule has 164 valence electrons. The molecule has 1 aromatic heterocycles. The lowest BCUT2D eigenvalue weighted by Crippen LogP contribution is -2.47. The van der Waals surface area contributed by atoms with Crippen LogP contribution in [0.2, 0.25) is 0 Å². The number of hydrogen-bond donors (Lipinski definition) is 0. The highest BCUT2D eigenvalue weighted by atomic mass is 32.1. The van der Waals surface area contributed by atoms with Crippen LogP contribution in [0.5, 0.6) is 0 Å². The van der Waals surface area contributed by atoms with Gasteiger partial charge in [-0.15, -0.1) is 17.9 Å². The zero-order valence-electron chi connectivity index (χ0n) is 17.7. The van der Waals surface area contributed by atoms with Crippen molar-refractivity contribution in [2.45, 2.75) is 18.9 Å². The molecule has 1 aliphatic rings. The van der Waals surface area contributed by atoms with E-state index in [1.807, 2.05) is 35.2 Å². The molecule has 4 rings (SSSR count). The Kier molecular flexibility index (Phi) is 6.81. The molecule has 32 heavy (non-hydrogen) atoms. The molecule has 6 heteroatoms. The van der Waals surface area contributed by atoms with Gasteiger partial charge in [0.1, 0.15) is 12.4 Å². The Bertz CT molecular complexity index is 1090. The normalized spacial score (nSPS) is 15.2. The van der Waals surface area contributed by atoms with Crippen molar-refractivity contribution in [2.75, 3.05) is 19.6 Å². The van der Waals surface area contributed by atoms with Gasteiger partial charge in [-0.25, -0.2) is 4.39 Å². The van der Waals surface area contributed by atoms with Crippen LogP contribution in [0.25, 0.3) is 0 Å². The van der Waals surface area contributed by atoms with Gasteiger partial charge in [-0.1, -0.05) is 48.5 Å². The third kappa shape index (κ3) is 4.81. The SMILES string of the molecule is C=CCN(CC(=O)N1CCc2sccc2C1c1ccccc1)C(=O)Cc1ccc(F)cc1. The number of halogens is 1.